The van der Waals surface area contributed by atoms with Crippen molar-refractivity contribution in [3.8, 4) is 23.0 Å². The number of rotatable bonds is 9. The number of quaternary nitrogens is 1. The van der Waals surface area contributed by atoms with Gasteiger partial charge in [0, 0.05) is 35.9 Å². The number of ether oxygens (including phenoxy) is 4. The van der Waals surface area contributed by atoms with E-state index < -0.39 is 6.10 Å². The molecule has 3 aliphatic heterocycles. The predicted octanol–water partition coefficient (Wildman–Crippen LogP) is 1.92. The third-order valence-corrected chi connectivity index (χ3v) is 8.56. The van der Waals surface area contributed by atoms with E-state index in [0.29, 0.717) is 29.1 Å². The maximum absolute atomic E-state index is 12.0. The minimum atomic E-state index is -0.645. The molecule has 1 N–H and O–H groups in total. The van der Waals surface area contributed by atoms with Crippen LogP contribution < -0.4 is 31.4 Å². The Kier molecular flexibility index (Phi) is 8.40. The summed E-state index contributed by atoms with van der Waals surface area (Å²) in [4.78, 5) is 4.53. The van der Waals surface area contributed by atoms with Gasteiger partial charge < -0.3 is 40.9 Å². The molecule has 0 spiro atoms. The van der Waals surface area contributed by atoms with Crippen molar-refractivity contribution < 1.29 is 40.9 Å². The van der Waals surface area contributed by atoms with Gasteiger partial charge in [-0.05, 0) is 47.9 Å². The summed E-state index contributed by atoms with van der Waals surface area (Å²) in [5.74, 6) is 3.59. The first-order valence-electron chi connectivity index (χ1n) is 12.8. The zero-order chi connectivity index (χ0) is 26.2. The molecule has 0 amide bonds. The van der Waals surface area contributed by atoms with Crippen LogP contribution in [0.15, 0.2) is 55.3 Å². The van der Waals surface area contributed by atoms with Crippen LogP contribution in [0.3, 0.4) is 0 Å². The van der Waals surface area contributed by atoms with E-state index in [1.165, 1.54) is 0 Å². The quantitative estimate of drug-likeness (QED) is 0.330. The third-order valence-electron chi connectivity index (χ3n) is 8.56. The minimum absolute atomic E-state index is 0. The molecule has 8 heteroatoms. The number of hydrogen-bond acceptors (Lipinski definition) is 6. The van der Waals surface area contributed by atoms with Crippen LogP contribution in [0.4, 0.5) is 0 Å². The van der Waals surface area contributed by atoms with Crippen LogP contribution >= 0.6 is 0 Å². The summed E-state index contributed by atoms with van der Waals surface area (Å²) in [5.41, 5.74) is 2.85. The molecule has 0 aliphatic carbocycles. The lowest BCUT2D eigenvalue weighted by Crippen LogP contribution is -3.00. The fraction of sp³-hybridized carbons (Fsp3) is 0.433. The Morgan fingerprint density at radius 2 is 1.79 bits per heavy atom. The van der Waals surface area contributed by atoms with Crippen LogP contribution in [-0.2, 0) is 6.54 Å². The number of hydrogen-bond donors (Lipinski definition) is 1. The Morgan fingerprint density at radius 3 is 2.42 bits per heavy atom. The first-order chi connectivity index (χ1) is 18.0. The molecule has 2 aromatic carbocycles. The number of methoxy groups -OCH3 is 4. The van der Waals surface area contributed by atoms with Crippen molar-refractivity contribution in [2.24, 2.45) is 11.8 Å². The molecule has 1 aromatic heterocycles. The zero-order valence-corrected chi connectivity index (χ0v) is 23.3. The number of fused-ring (bicyclic) bond motifs is 4. The van der Waals surface area contributed by atoms with Crippen molar-refractivity contribution in [1.82, 2.24) is 4.98 Å². The third kappa shape index (κ3) is 4.79. The fourth-order valence-corrected chi connectivity index (χ4v) is 6.71. The van der Waals surface area contributed by atoms with E-state index in [0.717, 1.165) is 64.7 Å². The number of pyridine rings is 1. The van der Waals surface area contributed by atoms with Crippen LogP contribution in [0.25, 0.3) is 10.9 Å². The molecule has 3 aromatic rings. The van der Waals surface area contributed by atoms with Gasteiger partial charge in [-0.15, -0.1) is 6.58 Å². The molecule has 3 saturated heterocycles. The number of nitrogens with zero attached hydrogens (tertiary/aromatic N) is 2. The summed E-state index contributed by atoms with van der Waals surface area (Å²) < 4.78 is 23.1. The lowest BCUT2D eigenvalue weighted by atomic mass is 9.71. The smallest absolute Gasteiger partial charge is 0.203 e. The molecular weight excluding hydrogens is 504 g/mol. The molecule has 2 bridgehead atoms. The molecule has 3 fully saturated rings. The van der Waals surface area contributed by atoms with Crippen LogP contribution in [0, 0.1) is 11.8 Å². The lowest BCUT2D eigenvalue weighted by molar-refractivity contribution is -0.984. The van der Waals surface area contributed by atoms with Gasteiger partial charge in [-0.2, -0.15) is 0 Å². The van der Waals surface area contributed by atoms with E-state index >= 15 is 0 Å². The molecule has 0 radical (unpaired) electrons. The van der Waals surface area contributed by atoms with Crippen LogP contribution in [0.5, 0.6) is 23.0 Å². The summed E-state index contributed by atoms with van der Waals surface area (Å²) in [5, 5.41) is 13.0. The normalized spacial score (nSPS) is 24.8. The number of benzene rings is 2. The Morgan fingerprint density at radius 1 is 1.05 bits per heavy atom. The molecule has 4 unspecified atom stereocenters. The summed E-state index contributed by atoms with van der Waals surface area (Å²) in [6.07, 6.45) is 5.32. The zero-order valence-electron chi connectivity index (χ0n) is 22.5. The van der Waals surface area contributed by atoms with Gasteiger partial charge >= 0.3 is 0 Å². The van der Waals surface area contributed by atoms with E-state index in [1.54, 1.807) is 34.6 Å². The van der Waals surface area contributed by atoms with Gasteiger partial charge in [0.25, 0.3) is 0 Å². The highest BCUT2D eigenvalue weighted by Crippen LogP contribution is 2.49. The highest BCUT2D eigenvalue weighted by molar-refractivity contribution is 5.83. The van der Waals surface area contributed by atoms with Gasteiger partial charge in [0.2, 0.25) is 5.75 Å². The number of halogens is 1. The lowest BCUT2D eigenvalue weighted by Gasteiger charge is -2.58. The van der Waals surface area contributed by atoms with Crippen LogP contribution in [0.2, 0.25) is 0 Å². The number of aliphatic hydroxyl groups is 1. The van der Waals surface area contributed by atoms with E-state index in [2.05, 4.69) is 17.6 Å². The van der Waals surface area contributed by atoms with E-state index in [-0.39, 0.29) is 18.4 Å². The van der Waals surface area contributed by atoms with Gasteiger partial charge in [0.05, 0.1) is 47.0 Å². The van der Waals surface area contributed by atoms with E-state index in [4.69, 9.17) is 18.9 Å². The molecule has 4 heterocycles. The molecule has 204 valence electrons. The standard InChI is InChI=1S/C30H37N2O5.ClH/c1-6-20-18-32(17-19-13-27(35-3)30(37-5)28(14-19)36-4)12-10-21(20)15-26(32)29(33)23-9-11-31-25-8-7-22(34-2)16-24(23)25;/h6-9,11,13-14,16,20-21,26,29,33H,1,10,12,15,17-18H2,2-5H3;1H/q+1;/p-1/t20?,21?,26?,29-,32?;/m1./s1. The second-order valence-electron chi connectivity index (χ2n) is 10.3. The summed E-state index contributed by atoms with van der Waals surface area (Å²) >= 11 is 0. The SMILES string of the molecule is C=CC1C[N+]2(Cc3cc(OC)c(OC)c(OC)c3)CCC1CC2[C@H](O)c1ccnc2ccc(OC)cc12.[Cl-]. The first kappa shape index (κ1) is 28.0. The largest absolute Gasteiger partial charge is 1.00 e. The van der Waals surface area contributed by atoms with E-state index in [9.17, 15) is 5.11 Å². The Labute approximate surface area is 231 Å². The number of aromatic nitrogens is 1. The number of piperidine rings is 3. The highest BCUT2D eigenvalue weighted by Gasteiger charge is 2.54. The van der Waals surface area contributed by atoms with Crippen molar-refractivity contribution in [2.45, 2.75) is 31.5 Å². The topological polar surface area (TPSA) is 70.0 Å². The van der Waals surface area contributed by atoms with Crippen LogP contribution in [0.1, 0.15) is 30.1 Å². The van der Waals surface area contributed by atoms with Gasteiger partial charge in [0.15, 0.2) is 11.5 Å². The second kappa shape index (κ2) is 11.4. The van der Waals surface area contributed by atoms with Crippen LogP contribution in [-0.4, -0.2) is 62.1 Å². The number of aliphatic hydroxyl groups excluding tert-OH is 1. The molecular formula is C30H37ClN2O5. The Balaban J connectivity index is 0.00000336. The maximum atomic E-state index is 12.0. The Hall–Kier alpha value is -3.00. The molecule has 5 atom stereocenters. The maximum Gasteiger partial charge on any atom is 0.203 e. The molecule has 7 nitrogen and oxygen atoms in total. The van der Waals surface area contributed by atoms with Gasteiger partial charge in [-0.25, -0.2) is 0 Å². The van der Waals surface area contributed by atoms with Crippen molar-refractivity contribution in [1.29, 1.82) is 0 Å². The van der Waals surface area contributed by atoms with Crippen molar-refractivity contribution >= 4 is 10.9 Å². The average Bonchev–Trinajstić information content (AvgIpc) is 2.95. The van der Waals surface area contributed by atoms with Gasteiger partial charge in [-0.1, -0.05) is 6.08 Å². The van der Waals surface area contributed by atoms with Crippen molar-refractivity contribution in [2.75, 3.05) is 41.5 Å². The first-order valence-corrected chi connectivity index (χ1v) is 12.8. The van der Waals surface area contributed by atoms with Crippen molar-refractivity contribution in [3.05, 3.63) is 66.4 Å². The van der Waals surface area contributed by atoms with Gasteiger partial charge in [-0.3, -0.25) is 4.98 Å². The predicted molar refractivity (Wildman–Crippen MR) is 143 cm³/mol. The molecule has 0 saturated carbocycles. The minimum Gasteiger partial charge on any atom is -1.00 e. The van der Waals surface area contributed by atoms with Gasteiger partial charge in [0.1, 0.15) is 24.4 Å². The highest BCUT2D eigenvalue weighted by atomic mass is 35.5. The molecule has 6 rings (SSSR count). The molecule has 3 aliphatic rings. The molecule has 38 heavy (non-hydrogen) atoms. The average molecular weight is 541 g/mol. The summed E-state index contributed by atoms with van der Waals surface area (Å²) in [6, 6.07) is 11.9. The Bertz CT molecular complexity index is 1280. The fourth-order valence-electron chi connectivity index (χ4n) is 6.71. The second-order valence-corrected chi connectivity index (χ2v) is 10.3. The monoisotopic (exact) mass is 540 g/mol. The van der Waals surface area contributed by atoms with E-state index in [1.807, 2.05) is 36.4 Å². The van der Waals surface area contributed by atoms with Crippen molar-refractivity contribution in [3.63, 3.8) is 0 Å². The summed E-state index contributed by atoms with van der Waals surface area (Å²) in [6.45, 7) is 6.85. The summed E-state index contributed by atoms with van der Waals surface area (Å²) in [7, 11) is 6.56.